The standard InChI is InChI=1S/C35H54N6O13/c1-16(2)11-20(40-31(49)24(44)12-17-5-7-19(42)8-6-17)32(50)41-21-15-25(53-34-28(47)26(45)27(46)29(54-34)33(51)52)23(43)14-18(21)13-22(41)30(48)38-9-3-4-10-39-35(36)37/h5-8,16,18,20-29,34,42-47H,3-4,9-15H2,1-2H3,(H,38,48)(H,40,49)(H,51,52)(H4,36,37,39). The van der Waals surface area contributed by atoms with Crippen molar-refractivity contribution in [3.8, 4) is 5.75 Å². The molecule has 19 nitrogen and oxygen atoms in total. The minimum Gasteiger partial charge on any atom is -0.508 e. The number of carbonyl (C=O) groups excluding carboxylic acids is 3. The smallest absolute Gasteiger partial charge is 0.335 e. The number of nitrogens with two attached hydrogens (primary N) is 2. The van der Waals surface area contributed by atoms with E-state index in [2.05, 4.69) is 15.6 Å². The number of carbonyl (C=O) groups is 4. The molecule has 13 N–H and O–H groups in total. The molecule has 12 unspecified atom stereocenters. The fraction of sp³-hybridized carbons (Fsp3) is 0.686. The van der Waals surface area contributed by atoms with Gasteiger partial charge in [0, 0.05) is 25.6 Å². The van der Waals surface area contributed by atoms with E-state index in [0.717, 1.165) is 0 Å². The first kappa shape index (κ1) is 42.6. The van der Waals surface area contributed by atoms with Crippen LogP contribution in [0, 0.1) is 11.8 Å². The maximum atomic E-state index is 14.6. The van der Waals surface area contributed by atoms with Crippen LogP contribution in [0.2, 0.25) is 0 Å². The van der Waals surface area contributed by atoms with Gasteiger partial charge in [-0.25, -0.2) is 4.79 Å². The first-order valence-electron chi connectivity index (χ1n) is 18.2. The minimum atomic E-state index is -1.96. The second-order valence-corrected chi connectivity index (χ2v) is 14.7. The Hall–Kier alpha value is -4.11. The van der Waals surface area contributed by atoms with Gasteiger partial charge in [0.25, 0.3) is 0 Å². The van der Waals surface area contributed by atoms with Crippen molar-refractivity contribution in [2.24, 2.45) is 28.3 Å². The zero-order valence-corrected chi connectivity index (χ0v) is 30.3. The average Bonchev–Trinajstić information content (AvgIpc) is 3.47. The normalized spacial score (nSPS) is 30.6. The first-order chi connectivity index (χ1) is 25.5. The molecule has 0 radical (unpaired) electrons. The van der Waals surface area contributed by atoms with E-state index >= 15 is 0 Å². The average molecular weight is 767 g/mol. The van der Waals surface area contributed by atoms with Gasteiger partial charge in [0.15, 0.2) is 18.4 Å². The fourth-order valence-electron chi connectivity index (χ4n) is 7.33. The van der Waals surface area contributed by atoms with Crippen LogP contribution in [-0.2, 0) is 35.1 Å². The van der Waals surface area contributed by atoms with E-state index in [1.807, 2.05) is 13.8 Å². The molecule has 3 fully saturated rings. The van der Waals surface area contributed by atoms with E-state index in [-0.39, 0.29) is 56.3 Å². The number of hydrogen-bond acceptors (Lipinski definition) is 13. The molecule has 54 heavy (non-hydrogen) atoms. The third-order valence-corrected chi connectivity index (χ3v) is 10.1. The molecule has 1 aromatic rings. The quantitative estimate of drug-likeness (QED) is 0.0454. The molecule has 2 aliphatic heterocycles. The van der Waals surface area contributed by atoms with E-state index in [1.54, 1.807) is 12.1 Å². The third-order valence-electron chi connectivity index (χ3n) is 10.1. The number of rotatable bonds is 16. The van der Waals surface area contributed by atoms with Crippen LogP contribution in [-0.4, -0.2) is 151 Å². The molecule has 4 rings (SSSR count). The number of nitrogens with zero attached hydrogens (tertiary/aromatic N) is 2. The summed E-state index contributed by atoms with van der Waals surface area (Å²) in [5.74, 6) is -4.10. The Kier molecular flexibility index (Phi) is 15.0. The monoisotopic (exact) mass is 766 g/mol. The molecular formula is C35H54N6O13. The summed E-state index contributed by atoms with van der Waals surface area (Å²) in [4.78, 5) is 58.6. The summed E-state index contributed by atoms with van der Waals surface area (Å²) >= 11 is 0. The van der Waals surface area contributed by atoms with E-state index < -0.39 is 96.8 Å². The van der Waals surface area contributed by atoms with Gasteiger partial charge < -0.3 is 72.2 Å². The van der Waals surface area contributed by atoms with Crippen LogP contribution >= 0.6 is 0 Å². The molecule has 1 saturated carbocycles. The lowest BCUT2D eigenvalue weighted by molar-refractivity contribution is -0.313. The number of carboxylic acids is 1. The summed E-state index contributed by atoms with van der Waals surface area (Å²) in [6.07, 6.45) is -12.2. The number of aliphatic hydroxyl groups is 5. The molecule has 3 aliphatic rings. The summed E-state index contributed by atoms with van der Waals surface area (Å²) in [7, 11) is 0. The van der Waals surface area contributed by atoms with Crippen molar-refractivity contribution in [1.29, 1.82) is 0 Å². The second kappa shape index (κ2) is 19.0. The zero-order chi connectivity index (χ0) is 39.9. The van der Waals surface area contributed by atoms with Crippen LogP contribution in [0.1, 0.15) is 57.9 Å². The number of guanidine groups is 1. The van der Waals surface area contributed by atoms with E-state index in [1.165, 1.54) is 17.0 Å². The van der Waals surface area contributed by atoms with Crippen molar-refractivity contribution in [2.45, 2.75) is 126 Å². The number of benzene rings is 1. The molecule has 1 aliphatic carbocycles. The van der Waals surface area contributed by atoms with Gasteiger partial charge in [-0.15, -0.1) is 0 Å². The Morgan fingerprint density at radius 2 is 1.69 bits per heavy atom. The Morgan fingerprint density at radius 1 is 1.00 bits per heavy atom. The van der Waals surface area contributed by atoms with E-state index in [4.69, 9.17) is 20.9 Å². The lowest BCUT2D eigenvalue weighted by Gasteiger charge is -2.44. The van der Waals surface area contributed by atoms with Crippen molar-refractivity contribution < 1.29 is 64.4 Å². The highest BCUT2D eigenvalue weighted by atomic mass is 16.7. The Labute approximate surface area is 312 Å². The van der Waals surface area contributed by atoms with Gasteiger partial charge in [-0.05, 0) is 68.1 Å². The number of aromatic hydroxyl groups is 1. The number of hydrogen-bond donors (Lipinski definition) is 11. The highest BCUT2D eigenvalue weighted by molar-refractivity contribution is 5.93. The van der Waals surface area contributed by atoms with Crippen molar-refractivity contribution >= 4 is 29.7 Å². The fourth-order valence-corrected chi connectivity index (χ4v) is 7.33. The molecule has 12 atom stereocenters. The lowest BCUT2D eigenvalue weighted by atomic mass is 9.81. The number of nitrogens with one attached hydrogen (secondary N) is 2. The number of aliphatic hydroxyl groups excluding tert-OH is 5. The Morgan fingerprint density at radius 3 is 2.31 bits per heavy atom. The first-order valence-corrected chi connectivity index (χ1v) is 18.2. The number of phenolic OH excluding ortho intramolecular Hbond substituents is 1. The minimum absolute atomic E-state index is 0.0138. The summed E-state index contributed by atoms with van der Waals surface area (Å²) in [6, 6.07) is 2.98. The van der Waals surface area contributed by atoms with Crippen LogP contribution in [0.4, 0.5) is 0 Å². The summed E-state index contributed by atoms with van der Waals surface area (Å²) in [5.41, 5.74) is 11.3. The summed E-state index contributed by atoms with van der Waals surface area (Å²) in [6.45, 7) is 4.27. The molecule has 2 saturated heterocycles. The SMILES string of the molecule is CC(C)CC(NC(=O)C(O)Cc1ccc(O)cc1)C(=O)N1C(C(=O)NCCCCN=C(N)N)CC2CC(O)C(OC3OC(C(=O)O)C(O)C(O)C3O)CC21. The zero-order valence-electron chi connectivity index (χ0n) is 30.3. The third kappa shape index (κ3) is 10.8. The van der Waals surface area contributed by atoms with Gasteiger partial charge in [0.2, 0.25) is 17.7 Å². The molecule has 19 heteroatoms. The predicted octanol–water partition coefficient (Wildman–Crippen LogP) is -2.99. The van der Waals surface area contributed by atoms with Gasteiger partial charge in [-0.2, -0.15) is 0 Å². The van der Waals surface area contributed by atoms with Crippen LogP contribution in [0.15, 0.2) is 29.3 Å². The molecule has 0 bridgehead atoms. The highest BCUT2D eigenvalue weighted by Crippen LogP contribution is 2.42. The number of aliphatic imine (C=N–C) groups is 1. The van der Waals surface area contributed by atoms with Gasteiger partial charge in [0.1, 0.15) is 42.2 Å². The number of carboxylic acid groups (broad SMARTS) is 1. The number of amides is 3. The van der Waals surface area contributed by atoms with E-state index in [9.17, 15) is 54.9 Å². The van der Waals surface area contributed by atoms with Crippen molar-refractivity contribution in [1.82, 2.24) is 15.5 Å². The number of fused-ring (bicyclic) bond motifs is 1. The van der Waals surface area contributed by atoms with Gasteiger partial charge in [0.05, 0.1) is 12.2 Å². The predicted molar refractivity (Wildman–Crippen MR) is 189 cm³/mol. The van der Waals surface area contributed by atoms with Gasteiger partial charge >= 0.3 is 5.97 Å². The number of unbranched alkanes of at least 4 members (excludes halogenated alkanes) is 1. The van der Waals surface area contributed by atoms with Crippen molar-refractivity contribution in [3.63, 3.8) is 0 Å². The van der Waals surface area contributed by atoms with Crippen LogP contribution in [0.25, 0.3) is 0 Å². The van der Waals surface area contributed by atoms with Gasteiger partial charge in [-0.3, -0.25) is 19.4 Å². The van der Waals surface area contributed by atoms with Crippen LogP contribution in [0.3, 0.4) is 0 Å². The number of phenols is 1. The highest BCUT2D eigenvalue weighted by Gasteiger charge is 2.54. The van der Waals surface area contributed by atoms with Crippen molar-refractivity contribution in [3.05, 3.63) is 29.8 Å². The number of aliphatic carboxylic acids is 1. The van der Waals surface area contributed by atoms with E-state index in [0.29, 0.717) is 24.9 Å². The molecule has 302 valence electrons. The molecular weight excluding hydrogens is 712 g/mol. The summed E-state index contributed by atoms with van der Waals surface area (Å²) < 4.78 is 11.1. The molecule has 0 aromatic heterocycles. The topological polar surface area (TPSA) is 320 Å². The second-order valence-electron chi connectivity index (χ2n) is 14.7. The maximum Gasteiger partial charge on any atom is 0.335 e. The van der Waals surface area contributed by atoms with Crippen molar-refractivity contribution in [2.75, 3.05) is 13.1 Å². The van der Waals surface area contributed by atoms with Crippen LogP contribution < -0.4 is 22.1 Å². The Balaban J connectivity index is 1.57. The Bertz CT molecular complexity index is 1480. The molecule has 2 heterocycles. The maximum absolute atomic E-state index is 14.6. The van der Waals surface area contributed by atoms with Gasteiger partial charge in [-0.1, -0.05) is 26.0 Å². The largest absolute Gasteiger partial charge is 0.508 e. The molecule has 3 amide bonds. The number of ether oxygens (including phenoxy) is 2. The number of likely N-dealkylation sites (tertiary alicyclic amines) is 1. The molecule has 1 aromatic carbocycles. The summed E-state index contributed by atoms with van der Waals surface area (Å²) in [5, 5.41) is 77.5. The molecule has 0 spiro atoms. The lowest BCUT2D eigenvalue weighted by Crippen LogP contribution is -2.62. The van der Waals surface area contributed by atoms with Crippen LogP contribution in [0.5, 0.6) is 5.75 Å².